The maximum Gasteiger partial charge on any atom is 0.251 e. The monoisotopic (exact) mass is 315 g/mol. The van der Waals surface area contributed by atoms with Crippen LogP contribution in [-0.2, 0) is 4.74 Å². The van der Waals surface area contributed by atoms with Crippen LogP contribution in [0.1, 0.15) is 22.3 Å². The Hall–Kier alpha value is -0.910. The number of hydrogen-bond donors (Lipinski definition) is 2. The minimum absolute atomic E-state index is 0.0215. The fourth-order valence-electron chi connectivity index (χ4n) is 1.61. The second-order valence-corrected chi connectivity index (χ2v) is 4.96. The predicted molar refractivity (Wildman–Crippen MR) is 73.7 cm³/mol. The lowest BCUT2D eigenvalue weighted by Crippen LogP contribution is -2.38. The molecule has 2 N–H and O–H groups in total. The molecule has 1 aromatic carbocycles. The number of rotatable bonds is 6. The quantitative estimate of drug-likeness (QED) is 0.842. The molecule has 18 heavy (non-hydrogen) atoms. The van der Waals surface area contributed by atoms with E-state index in [0.29, 0.717) is 18.6 Å². The van der Waals surface area contributed by atoms with E-state index in [9.17, 15) is 4.79 Å². The maximum atomic E-state index is 12.0. The molecular formula is C13H18BrNO3. The third kappa shape index (κ3) is 4.40. The highest BCUT2D eigenvalue weighted by Gasteiger charge is 2.13. The fourth-order valence-corrected chi connectivity index (χ4v) is 1.86. The van der Waals surface area contributed by atoms with E-state index in [0.717, 1.165) is 10.0 Å². The van der Waals surface area contributed by atoms with E-state index in [4.69, 9.17) is 9.84 Å². The molecule has 1 amide bonds. The van der Waals surface area contributed by atoms with Gasteiger partial charge in [-0.05, 0) is 37.1 Å². The lowest BCUT2D eigenvalue weighted by atomic mass is 10.1. The summed E-state index contributed by atoms with van der Waals surface area (Å²) in [6.07, 6.45) is 0.481. The Morgan fingerprint density at radius 1 is 1.56 bits per heavy atom. The second-order valence-electron chi connectivity index (χ2n) is 4.10. The molecule has 0 radical (unpaired) electrons. The van der Waals surface area contributed by atoms with Crippen molar-refractivity contribution >= 4 is 21.8 Å². The number of aliphatic hydroxyl groups is 1. The minimum atomic E-state index is -0.170. The van der Waals surface area contributed by atoms with E-state index in [1.165, 1.54) is 0 Å². The zero-order valence-electron chi connectivity index (χ0n) is 10.6. The number of ether oxygens (including phenoxy) is 1. The van der Waals surface area contributed by atoms with Crippen molar-refractivity contribution < 1.29 is 14.6 Å². The molecule has 1 aromatic rings. The summed E-state index contributed by atoms with van der Waals surface area (Å²) < 4.78 is 5.98. The lowest BCUT2D eigenvalue weighted by molar-refractivity contribution is 0.0878. The van der Waals surface area contributed by atoms with Gasteiger partial charge in [0.1, 0.15) is 0 Å². The SMILES string of the molecule is COCC(CCO)NC(=O)c1ccc(Br)c(C)c1. The Balaban J connectivity index is 2.70. The van der Waals surface area contributed by atoms with Crippen LogP contribution in [0.15, 0.2) is 22.7 Å². The predicted octanol–water partition coefficient (Wildman–Crippen LogP) is 1.88. The number of hydrogen-bond acceptors (Lipinski definition) is 3. The molecular weight excluding hydrogens is 298 g/mol. The standard InChI is InChI=1S/C13H18BrNO3/c1-9-7-10(3-4-12(9)14)13(17)15-11(5-6-16)8-18-2/h3-4,7,11,16H,5-6,8H2,1-2H3,(H,15,17). The van der Waals surface area contributed by atoms with E-state index in [1.807, 2.05) is 19.1 Å². The van der Waals surface area contributed by atoms with E-state index in [2.05, 4.69) is 21.2 Å². The highest BCUT2D eigenvalue weighted by Crippen LogP contribution is 2.17. The van der Waals surface area contributed by atoms with Crippen LogP contribution in [0.5, 0.6) is 0 Å². The first kappa shape index (κ1) is 15.1. The van der Waals surface area contributed by atoms with Gasteiger partial charge in [-0.3, -0.25) is 4.79 Å². The van der Waals surface area contributed by atoms with Crippen molar-refractivity contribution in [1.82, 2.24) is 5.32 Å². The van der Waals surface area contributed by atoms with Gasteiger partial charge in [-0.15, -0.1) is 0 Å². The Morgan fingerprint density at radius 3 is 2.83 bits per heavy atom. The van der Waals surface area contributed by atoms with Crippen molar-refractivity contribution in [2.45, 2.75) is 19.4 Å². The molecule has 0 heterocycles. The van der Waals surface area contributed by atoms with Crippen molar-refractivity contribution in [3.8, 4) is 0 Å². The molecule has 0 aliphatic heterocycles. The average molecular weight is 316 g/mol. The average Bonchev–Trinajstić information content (AvgIpc) is 2.33. The maximum absolute atomic E-state index is 12.0. The van der Waals surface area contributed by atoms with Crippen molar-refractivity contribution in [2.75, 3.05) is 20.3 Å². The number of carbonyl (C=O) groups is 1. The first-order chi connectivity index (χ1) is 8.58. The Kier molecular flexibility index (Phi) is 6.32. The number of carbonyl (C=O) groups excluding carboxylic acids is 1. The number of aliphatic hydroxyl groups excluding tert-OH is 1. The summed E-state index contributed by atoms with van der Waals surface area (Å²) in [6.45, 7) is 2.34. The van der Waals surface area contributed by atoms with E-state index in [1.54, 1.807) is 13.2 Å². The molecule has 0 aromatic heterocycles. The van der Waals surface area contributed by atoms with Crippen molar-refractivity contribution in [3.63, 3.8) is 0 Å². The zero-order valence-corrected chi connectivity index (χ0v) is 12.2. The summed E-state index contributed by atoms with van der Waals surface area (Å²) in [5.74, 6) is -0.152. The molecule has 1 atom stereocenters. The van der Waals surface area contributed by atoms with E-state index < -0.39 is 0 Å². The van der Waals surface area contributed by atoms with Gasteiger partial charge in [0.25, 0.3) is 5.91 Å². The van der Waals surface area contributed by atoms with Gasteiger partial charge in [-0.1, -0.05) is 15.9 Å². The van der Waals surface area contributed by atoms with Crippen molar-refractivity contribution in [3.05, 3.63) is 33.8 Å². The van der Waals surface area contributed by atoms with Gasteiger partial charge in [-0.2, -0.15) is 0 Å². The lowest BCUT2D eigenvalue weighted by Gasteiger charge is -2.17. The van der Waals surface area contributed by atoms with Crippen LogP contribution in [0, 0.1) is 6.92 Å². The van der Waals surface area contributed by atoms with Gasteiger partial charge < -0.3 is 15.2 Å². The molecule has 0 aliphatic carbocycles. The number of nitrogens with one attached hydrogen (secondary N) is 1. The minimum Gasteiger partial charge on any atom is -0.396 e. The number of halogens is 1. The first-order valence-electron chi connectivity index (χ1n) is 5.75. The fraction of sp³-hybridized carbons (Fsp3) is 0.462. The Morgan fingerprint density at radius 2 is 2.28 bits per heavy atom. The number of aryl methyl sites for hydroxylation is 1. The number of benzene rings is 1. The summed E-state index contributed by atoms with van der Waals surface area (Å²) in [6, 6.07) is 5.26. The van der Waals surface area contributed by atoms with Crippen LogP contribution in [-0.4, -0.2) is 37.4 Å². The summed E-state index contributed by atoms with van der Waals surface area (Å²) in [7, 11) is 1.57. The highest BCUT2D eigenvalue weighted by atomic mass is 79.9. The summed E-state index contributed by atoms with van der Waals surface area (Å²) in [5.41, 5.74) is 1.61. The van der Waals surface area contributed by atoms with Crippen LogP contribution in [0.3, 0.4) is 0 Å². The molecule has 4 nitrogen and oxygen atoms in total. The van der Waals surface area contributed by atoms with Gasteiger partial charge in [0.2, 0.25) is 0 Å². The van der Waals surface area contributed by atoms with E-state index in [-0.39, 0.29) is 18.6 Å². The van der Waals surface area contributed by atoms with Gasteiger partial charge in [0.05, 0.1) is 12.6 Å². The van der Waals surface area contributed by atoms with Gasteiger partial charge >= 0.3 is 0 Å². The van der Waals surface area contributed by atoms with Crippen LogP contribution in [0.25, 0.3) is 0 Å². The summed E-state index contributed by atoms with van der Waals surface area (Å²) in [5, 5.41) is 11.8. The number of amides is 1. The van der Waals surface area contributed by atoms with Gasteiger partial charge in [0, 0.05) is 23.8 Å². The highest BCUT2D eigenvalue weighted by molar-refractivity contribution is 9.10. The van der Waals surface area contributed by atoms with Gasteiger partial charge in [0.15, 0.2) is 0 Å². The van der Waals surface area contributed by atoms with Crippen LogP contribution in [0.2, 0.25) is 0 Å². The molecule has 0 bridgehead atoms. The summed E-state index contributed by atoms with van der Waals surface area (Å²) in [4.78, 5) is 12.0. The van der Waals surface area contributed by atoms with Gasteiger partial charge in [-0.25, -0.2) is 0 Å². The van der Waals surface area contributed by atoms with Crippen LogP contribution < -0.4 is 5.32 Å². The molecule has 5 heteroatoms. The molecule has 0 spiro atoms. The molecule has 0 fully saturated rings. The largest absolute Gasteiger partial charge is 0.396 e. The molecule has 0 saturated carbocycles. The molecule has 1 unspecified atom stereocenters. The third-order valence-electron chi connectivity index (χ3n) is 2.60. The second kappa shape index (κ2) is 7.51. The van der Waals surface area contributed by atoms with E-state index >= 15 is 0 Å². The first-order valence-corrected chi connectivity index (χ1v) is 6.54. The molecule has 100 valence electrons. The van der Waals surface area contributed by atoms with Crippen molar-refractivity contribution in [1.29, 1.82) is 0 Å². The number of methoxy groups -OCH3 is 1. The summed E-state index contributed by atoms with van der Waals surface area (Å²) >= 11 is 3.39. The zero-order chi connectivity index (χ0) is 13.5. The smallest absolute Gasteiger partial charge is 0.251 e. The normalized spacial score (nSPS) is 12.2. The molecule has 0 aliphatic rings. The Labute approximate surface area is 115 Å². The Bertz CT molecular complexity index is 403. The topological polar surface area (TPSA) is 58.6 Å². The van der Waals surface area contributed by atoms with Crippen molar-refractivity contribution in [2.24, 2.45) is 0 Å². The van der Waals surface area contributed by atoms with Crippen LogP contribution >= 0.6 is 15.9 Å². The van der Waals surface area contributed by atoms with Crippen LogP contribution in [0.4, 0.5) is 0 Å². The molecule has 0 saturated heterocycles. The third-order valence-corrected chi connectivity index (χ3v) is 3.49. The molecule has 1 rings (SSSR count).